The Kier molecular flexibility index (Phi) is 11.8. The third kappa shape index (κ3) is 9.58. The van der Waals surface area contributed by atoms with Gasteiger partial charge in [0, 0.05) is 68.0 Å². The highest BCUT2D eigenvalue weighted by molar-refractivity contribution is 14.0. The fourth-order valence-electron chi connectivity index (χ4n) is 3.28. The molecule has 1 aromatic heterocycles. The minimum atomic E-state index is 0. The van der Waals surface area contributed by atoms with Gasteiger partial charge in [-0.05, 0) is 45.9 Å². The molecule has 0 spiro atoms. The third-order valence-electron chi connectivity index (χ3n) is 4.76. The zero-order valence-corrected chi connectivity index (χ0v) is 20.8. The molecular formula is C20H38IN5S. The maximum Gasteiger partial charge on any atom is 0.191 e. The van der Waals surface area contributed by atoms with Gasteiger partial charge in [-0.3, -0.25) is 4.99 Å². The highest BCUT2D eigenvalue weighted by Gasteiger charge is 2.16. The van der Waals surface area contributed by atoms with Crippen molar-refractivity contribution in [1.29, 1.82) is 0 Å². The maximum absolute atomic E-state index is 4.84. The fourth-order valence-corrected chi connectivity index (χ4v) is 4.30. The van der Waals surface area contributed by atoms with Crippen molar-refractivity contribution >= 4 is 41.3 Å². The summed E-state index contributed by atoms with van der Waals surface area (Å²) in [5.41, 5.74) is 0. The Hall–Kier alpha value is -0.380. The van der Waals surface area contributed by atoms with Crippen molar-refractivity contribution in [3.63, 3.8) is 0 Å². The average molecular weight is 508 g/mol. The Bertz CT molecular complexity index is 554. The van der Waals surface area contributed by atoms with E-state index in [1.54, 1.807) is 0 Å². The zero-order valence-electron chi connectivity index (χ0n) is 17.6. The van der Waals surface area contributed by atoms with Crippen LogP contribution in [0.3, 0.4) is 0 Å². The number of guanidine groups is 1. The van der Waals surface area contributed by atoms with Crippen molar-refractivity contribution in [2.75, 3.05) is 52.9 Å². The van der Waals surface area contributed by atoms with Crippen LogP contribution < -0.4 is 10.6 Å². The SMILES string of the molecule is CCNC(=NCC(C)CN1CCN(C)CC1)NC(C)Cc1ccc(C)s1.I. The lowest BCUT2D eigenvalue weighted by Gasteiger charge is -2.33. The zero-order chi connectivity index (χ0) is 18.9. The molecule has 5 nitrogen and oxygen atoms in total. The molecule has 1 saturated heterocycles. The summed E-state index contributed by atoms with van der Waals surface area (Å²) in [7, 11) is 2.21. The highest BCUT2D eigenvalue weighted by Crippen LogP contribution is 2.16. The topological polar surface area (TPSA) is 42.9 Å². The van der Waals surface area contributed by atoms with Crippen molar-refractivity contribution < 1.29 is 0 Å². The number of nitrogens with one attached hydrogen (secondary N) is 2. The lowest BCUT2D eigenvalue weighted by Crippen LogP contribution is -2.46. The quantitative estimate of drug-likeness (QED) is 0.323. The minimum absolute atomic E-state index is 0. The van der Waals surface area contributed by atoms with E-state index in [2.05, 4.69) is 67.3 Å². The Morgan fingerprint density at radius 1 is 1.22 bits per heavy atom. The first-order valence-electron chi connectivity index (χ1n) is 9.97. The summed E-state index contributed by atoms with van der Waals surface area (Å²) in [6.07, 6.45) is 1.04. The van der Waals surface area contributed by atoms with Gasteiger partial charge in [-0.2, -0.15) is 0 Å². The molecule has 7 heteroatoms. The number of aryl methyl sites for hydroxylation is 1. The summed E-state index contributed by atoms with van der Waals surface area (Å²) in [4.78, 5) is 12.6. The van der Waals surface area contributed by atoms with Crippen LogP contribution in [-0.2, 0) is 6.42 Å². The van der Waals surface area contributed by atoms with Crippen LogP contribution in [0.5, 0.6) is 0 Å². The molecule has 2 heterocycles. The van der Waals surface area contributed by atoms with Gasteiger partial charge in [0.05, 0.1) is 0 Å². The standard InChI is InChI=1S/C20H37N5S.HI/c1-6-21-20(23-17(3)13-19-8-7-18(4)26-19)22-14-16(2)15-25-11-9-24(5)10-12-25;/h7-8,16-17H,6,9-15H2,1-5H3,(H2,21,22,23);1H. The summed E-state index contributed by atoms with van der Waals surface area (Å²) in [6, 6.07) is 4.81. The molecule has 0 radical (unpaired) electrons. The molecule has 1 aliphatic heterocycles. The van der Waals surface area contributed by atoms with Crippen LogP contribution in [0.4, 0.5) is 0 Å². The van der Waals surface area contributed by atoms with Gasteiger partial charge in [0.15, 0.2) is 5.96 Å². The summed E-state index contributed by atoms with van der Waals surface area (Å²) in [5.74, 6) is 1.52. The van der Waals surface area contributed by atoms with Crippen LogP contribution in [0.25, 0.3) is 0 Å². The van der Waals surface area contributed by atoms with Crippen molar-refractivity contribution in [2.45, 2.75) is 40.2 Å². The van der Waals surface area contributed by atoms with Crippen LogP contribution in [0.1, 0.15) is 30.5 Å². The molecule has 1 aromatic rings. The second kappa shape index (κ2) is 13.0. The van der Waals surface area contributed by atoms with Gasteiger partial charge in [0.1, 0.15) is 0 Å². The lowest BCUT2D eigenvalue weighted by atomic mass is 10.1. The van der Waals surface area contributed by atoms with Gasteiger partial charge in [0.2, 0.25) is 0 Å². The van der Waals surface area contributed by atoms with E-state index >= 15 is 0 Å². The predicted molar refractivity (Wildman–Crippen MR) is 130 cm³/mol. The molecule has 2 rings (SSSR count). The average Bonchev–Trinajstić information content (AvgIpc) is 2.99. The number of nitrogens with zero attached hydrogens (tertiary/aromatic N) is 3. The van der Waals surface area contributed by atoms with E-state index in [4.69, 9.17) is 4.99 Å². The van der Waals surface area contributed by atoms with E-state index in [9.17, 15) is 0 Å². The van der Waals surface area contributed by atoms with Crippen molar-refractivity contribution in [3.8, 4) is 0 Å². The Labute approximate surface area is 187 Å². The molecule has 1 fully saturated rings. The van der Waals surface area contributed by atoms with E-state index in [1.165, 1.54) is 35.9 Å². The largest absolute Gasteiger partial charge is 0.357 e. The van der Waals surface area contributed by atoms with Crippen LogP contribution in [0.15, 0.2) is 17.1 Å². The molecule has 27 heavy (non-hydrogen) atoms. The number of halogens is 1. The van der Waals surface area contributed by atoms with Gasteiger partial charge in [0.25, 0.3) is 0 Å². The summed E-state index contributed by atoms with van der Waals surface area (Å²) < 4.78 is 0. The summed E-state index contributed by atoms with van der Waals surface area (Å²) >= 11 is 1.89. The first-order chi connectivity index (χ1) is 12.5. The third-order valence-corrected chi connectivity index (χ3v) is 5.78. The van der Waals surface area contributed by atoms with Gasteiger partial charge in [-0.1, -0.05) is 6.92 Å². The van der Waals surface area contributed by atoms with Gasteiger partial charge < -0.3 is 20.4 Å². The fraction of sp³-hybridized carbons (Fsp3) is 0.750. The van der Waals surface area contributed by atoms with Gasteiger partial charge in [-0.15, -0.1) is 35.3 Å². The smallest absolute Gasteiger partial charge is 0.191 e. The lowest BCUT2D eigenvalue weighted by molar-refractivity contribution is 0.140. The Balaban J connectivity index is 0.00000364. The first kappa shape index (κ1) is 24.7. The van der Waals surface area contributed by atoms with Crippen LogP contribution in [0, 0.1) is 12.8 Å². The monoisotopic (exact) mass is 507 g/mol. The number of thiophene rings is 1. The number of piperazine rings is 1. The number of rotatable bonds is 8. The molecule has 1 aliphatic rings. The Morgan fingerprint density at radius 3 is 2.52 bits per heavy atom. The minimum Gasteiger partial charge on any atom is -0.357 e. The van der Waals surface area contributed by atoms with E-state index in [0.717, 1.165) is 32.0 Å². The highest BCUT2D eigenvalue weighted by atomic mass is 127. The summed E-state index contributed by atoms with van der Waals surface area (Å²) in [5, 5.41) is 6.96. The van der Waals surface area contributed by atoms with Crippen LogP contribution >= 0.6 is 35.3 Å². The number of likely N-dealkylation sites (N-methyl/N-ethyl adjacent to an activating group) is 1. The van der Waals surface area contributed by atoms with Crippen molar-refractivity contribution in [2.24, 2.45) is 10.9 Å². The molecule has 156 valence electrons. The van der Waals surface area contributed by atoms with E-state index in [0.29, 0.717) is 12.0 Å². The first-order valence-corrected chi connectivity index (χ1v) is 10.8. The predicted octanol–water partition coefficient (Wildman–Crippen LogP) is 3.04. The van der Waals surface area contributed by atoms with Crippen LogP contribution in [-0.4, -0.2) is 74.7 Å². The Morgan fingerprint density at radius 2 is 1.93 bits per heavy atom. The molecule has 2 atom stereocenters. The second-order valence-corrected chi connectivity index (χ2v) is 9.06. The molecule has 2 unspecified atom stereocenters. The van der Waals surface area contributed by atoms with E-state index in [-0.39, 0.29) is 24.0 Å². The molecule has 0 aliphatic carbocycles. The number of aliphatic imine (C=N–C) groups is 1. The molecule has 2 N–H and O–H groups in total. The van der Waals surface area contributed by atoms with E-state index < -0.39 is 0 Å². The normalized spacial score (nSPS) is 18.6. The van der Waals surface area contributed by atoms with E-state index in [1.807, 2.05) is 11.3 Å². The van der Waals surface area contributed by atoms with Crippen LogP contribution in [0.2, 0.25) is 0 Å². The molecular weight excluding hydrogens is 469 g/mol. The molecule has 0 aromatic carbocycles. The molecule has 0 bridgehead atoms. The summed E-state index contributed by atoms with van der Waals surface area (Å²) in [6.45, 7) is 16.5. The number of hydrogen-bond donors (Lipinski definition) is 2. The van der Waals surface area contributed by atoms with Gasteiger partial charge in [-0.25, -0.2) is 0 Å². The van der Waals surface area contributed by atoms with Crippen molar-refractivity contribution in [1.82, 2.24) is 20.4 Å². The maximum atomic E-state index is 4.84. The second-order valence-electron chi connectivity index (χ2n) is 7.69. The number of hydrogen-bond acceptors (Lipinski definition) is 4. The van der Waals surface area contributed by atoms with Gasteiger partial charge >= 0.3 is 0 Å². The van der Waals surface area contributed by atoms with Crippen molar-refractivity contribution in [3.05, 3.63) is 21.9 Å². The molecule has 0 saturated carbocycles. The molecule has 0 amide bonds.